The number of pyridine rings is 1. The Bertz CT molecular complexity index is 342. The molecule has 1 rings (SSSR count). The van der Waals surface area contributed by atoms with Crippen LogP contribution in [0.3, 0.4) is 0 Å². The van der Waals surface area contributed by atoms with E-state index in [2.05, 4.69) is 9.72 Å². The Kier molecular flexibility index (Phi) is 4.14. The molecule has 0 atom stereocenters. The predicted octanol–water partition coefficient (Wildman–Crippen LogP) is 1.82. The van der Waals surface area contributed by atoms with Gasteiger partial charge in [-0.15, -0.1) is 0 Å². The van der Waals surface area contributed by atoms with Crippen molar-refractivity contribution in [3.05, 3.63) is 48.3 Å². The summed E-state index contributed by atoms with van der Waals surface area (Å²) < 4.78 is 4.43. The van der Waals surface area contributed by atoms with Crippen molar-refractivity contribution in [3.63, 3.8) is 0 Å². The first kappa shape index (κ1) is 10.2. The maximum absolute atomic E-state index is 10.7. The minimum absolute atomic E-state index is 0.365. The molecule has 72 valence electrons. The molecule has 14 heavy (non-hydrogen) atoms. The van der Waals surface area contributed by atoms with Crippen LogP contribution < -0.4 is 0 Å². The van der Waals surface area contributed by atoms with E-state index in [1.807, 2.05) is 18.2 Å². The highest BCUT2D eigenvalue weighted by atomic mass is 16.5. The Morgan fingerprint density at radius 3 is 2.93 bits per heavy atom. The van der Waals surface area contributed by atoms with Crippen molar-refractivity contribution in [2.45, 2.75) is 0 Å². The van der Waals surface area contributed by atoms with Gasteiger partial charge in [-0.1, -0.05) is 18.2 Å². The lowest BCUT2D eigenvalue weighted by atomic mass is 10.3. The average Bonchev–Trinajstić information content (AvgIpc) is 2.25. The van der Waals surface area contributed by atoms with Gasteiger partial charge in [0.15, 0.2) is 0 Å². The topological polar surface area (TPSA) is 39.2 Å². The number of carbonyl (C=O) groups excluding carboxylic acids is 1. The van der Waals surface area contributed by atoms with Gasteiger partial charge in [0.1, 0.15) is 0 Å². The Balaban J connectivity index is 2.50. The van der Waals surface area contributed by atoms with Crippen LogP contribution in [0.25, 0.3) is 6.08 Å². The minimum Gasteiger partial charge on any atom is -0.466 e. The van der Waals surface area contributed by atoms with Crippen molar-refractivity contribution >= 4 is 12.0 Å². The van der Waals surface area contributed by atoms with Gasteiger partial charge in [-0.25, -0.2) is 4.79 Å². The van der Waals surface area contributed by atoms with Gasteiger partial charge in [-0.05, 0) is 18.2 Å². The van der Waals surface area contributed by atoms with Crippen molar-refractivity contribution in [2.24, 2.45) is 0 Å². The first-order chi connectivity index (χ1) is 6.83. The molecule has 0 N–H and O–H groups in total. The van der Waals surface area contributed by atoms with Crippen LogP contribution in [0.4, 0.5) is 0 Å². The highest BCUT2D eigenvalue weighted by Gasteiger charge is 1.87. The summed E-state index contributed by atoms with van der Waals surface area (Å²) in [6, 6.07) is 5.63. The van der Waals surface area contributed by atoms with E-state index in [0.29, 0.717) is 0 Å². The average molecular weight is 189 g/mol. The zero-order valence-corrected chi connectivity index (χ0v) is 7.88. The maximum Gasteiger partial charge on any atom is 0.330 e. The highest BCUT2D eigenvalue weighted by Crippen LogP contribution is 1.96. The van der Waals surface area contributed by atoms with E-state index >= 15 is 0 Å². The molecule has 0 aliphatic heterocycles. The quantitative estimate of drug-likeness (QED) is 0.413. The summed E-state index contributed by atoms with van der Waals surface area (Å²) in [5.41, 5.74) is 0.849. The summed E-state index contributed by atoms with van der Waals surface area (Å²) in [4.78, 5) is 14.7. The van der Waals surface area contributed by atoms with Gasteiger partial charge in [-0.2, -0.15) is 0 Å². The Hall–Kier alpha value is -1.90. The normalized spacial score (nSPS) is 10.9. The molecule has 0 aliphatic carbocycles. The van der Waals surface area contributed by atoms with E-state index in [1.165, 1.54) is 13.2 Å². The molecular formula is C11H11NO2. The molecule has 0 bridgehead atoms. The maximum atomic E-state index is 10.7. The number of hydrogen-bond donors (Lipinski definition) is 0. The molecule has 3 heteroatoms. The number of aromatic nitrogens is 1. The van der Waals surface area contributed by atoms with Gasteiger partial charge in [0.25, 0.3) is 0 Å². The summed E-state index contributed by atoms with van der Waals surface area (Å²) in [6.45, 7) is 0. The van der Waals surface area contributed by atoms with Gasteiger partial charge >= 0.3 is 5.97 Å². The second kappa shape index (κ2) is 5.70. The highest BCUT2D eigenvalue weighted by molar-refractivity contribution is 5.82. The molecule has 0 unspecified atom stereocenters. The molecule has 0 fully saturated rings. The smallest absolute Gasteiger partial charge is 0.330 e. The van der Waals surface area contributed by atoms with Gasteiger partial charge in [0.05, 0.1) is 12.8 Å². The van der Waals surface area contributed by atoms with E-state index in [9.17, 15) is 4.79 Å². The van der Waals surface area contributed by atoms with Crippen LogP contribution in [-0.4, -0.2) is 18.1 Å². The van der Waals surface area contributed by atoms with Crippen molar-refractivity contribution < 1.29 is 9.53 Å². The van der Waals surface area contributed by atoms with Crippen molar-refractivity contribution in [1.29, 1.82) is 0 Å². The van der Waals surface area contributed by atoms with E-state index < -0.39 is 0 Å². The SMILES string of the molecule is COC(=O)/C=C/C=C/c1ccccn1. The fraction of sp³-hybridized carbons (Fsp3) is 0.0909. The number of nitrogens with zero attached hydrogens (tertiary/aromatic N) is 1. The minimum atomic E-state index is -0.365. The third kappa shape index (κ3) is 3.67. The van der Waals surface area contributed by atoms with Crippen molar-refractivity contribution in [2.75, 3.05) is 7.11 Å². The molecule has 0 radical (unpaired) electrons. The monoisotopic (exact) mass is 189 g/mol. The lowest BCUT2D eigenvalue weighted by molar-refractivity contribution is -0.134. The third-order valence-corrected chi connectivity index (χ3v) is 1.50. The number of esters is 1. The molecule has 3 nitrogen and oxygen atoms in total. The second-order valence-corrected chi connectivity index (χ2v) is 2.50. The molecule has 0 saturated heterocycles. The zero-order valence-electron chi connectivity index (χ0n) is 7.88. The van der Waals surface area contributed by atoms with Crippen LogP contribution in [-0.2, 0) is 9.53 Å². The summed E-state index contributed by atoms with van der Waals surface area (Å²) in [7, 11) is 1.34. The molecular weight excluding hydrogens is 178 g/mol. The van der Waals surface area contributed by atoms with Crippen LogP contribution in [0.1, 0.15) is 5.69 Å². The molecule has 1 aromatic rings. The number of carbonyl (C=O) groups is 1. The lowest BCUT2D eigenvalue weighted by Gasteiger charge is -1.88. The van der Waals surface area contributed by atoms with Crippen LogP contribution in [0.5, 0.6) is 0 Å². The number of ether oxygens (including phenoxy) is 1. The molecule has 0 saturated carbocycles. The van der Waals surface area contributed by atoms with Gasteiger partial charge < -0.3 is 4.74 Å². The van der Waals surface area contributed by atoms with Crippen molar-refractivity contribution in [1.82, 2.24) is 4.98 Å². The number of hydrogen-bond acceptors (Lipinski definition) is 3. The predicted molar refractivity (Wildman–Crippen MR) is 54.4 cm³/mol. The first-order valence-corrected chi connectivity index (χ1v) is 4.16. The summed E-state index contributed by atoms with van der Waals surface area (Å²) in [5, 5.41) is 0. The molecule has 1 heterocycles. The number of rotatable bonds is 3. The van der Waals surface area contributed by atoms with Gasteiger partial charge in [0, 0.05) is 12.3 Å². The second-order valence-electron chi connectivity index (χ2n) is 2.50. The Labute approximate surface area is 82.7 Å². The van der Waals surface area contributed by atoms with E-state index in [4.69, 9.17) is 0 Å². The van der Waals surface area contributed by atoms with Crippen LogP contribution in [0.15, 0.2) is 42.6 Å². The summed E-state index contributed by atoms with van der Waals surface area (Å²) in [6.07, 6.45) is 8.21. The molecule has 0 aromatic carbocycles. The largest absolute Gasteiger partial charge is 0.466 e. The van der Waals surface area contributed by atoms with Gasteiger partial charge in [-0.3, -0.25) is 4.98 Å². The summed E-state index contributed by atoms with van der Waals surface area (Å²) >= 11 is 0. The van der Waals surface area contributed by atoms with E-state index in [-0.39, 0.29) is 5.97 Å². The van der Waals surface area contributed by atoms with Crippen molar-refractivity contribution in [3.8, 4) is 0 Å². The molecule has 1 aromatic heterocycles. The molecule has 0 amide bonds. The number of allylic oxidation sites excluding steroid dienone is 2. The molecule has 0 spiro atoms. The first-order valence-electron chi connectivity index (χ1n) is 4.16. The Morgan fingerprint density at radius 2 is 2.29 bits per heavy atom. The third-order valence-electron chi connectivity index (χ3n) is 1.50. The van der Waals surface area contributed by atoms with Crippen LogP contribution in [0.2, 0.25) is 0 Å². The molecule has 0 aliphatic rings. The van der Waals surface area contributed by atoms with Crippen LogP contribution in [0, 0.1) is 0 Å². The van der Waals surface area contributed by atoms with E-state index in [1.54, 1.807) is 24.4 Å². The fourth-order valence-electron chi connectivity index (χ4n) is 0.831. The number of methoxy groups -OCH3 is 1. The van der Waals surface area contributed by atoms with Gasteiger partial charge in [0.2, 0.25) is 0 Å². The van der Waals surface area contributed by atoms with Crippen LogP contribution >= 0.6 is 0 Å². The summed E-state index contributed by atoms with van der Waals surface area (Å²) in [5.74, 6) is -0.365. The fourth-order valence-corrected chi connectivity index (χ4v) is 0.831. The standard InChI is InChI=1S/C11H11NO2/c1-14-11(13)8-3-2-6-10-7-4-5-9-12-10/h2-9H,1H3/b6-2+,8-3+. The van der Waals surface area contributed by atoms with E-state index in [0.717, 1.165) is 5.69 Å². The lowest BCUT2D eigenvalue weighted by Crippen LogP contribution is -1.92. The zero-order chi connectivity index (χ0) is 10.2. The Morgan fingerprint density at radius 1 is 1.43 bits per heavy atom.